The molecule has 1 atom stereocenters. The minimum Gasteiger partial charge on any atom is -0.396 e. The number of carbonyl (C=O) groups is 1. The minimum atomic E-state index is -0.414. The van der Waals surface area contributed by atoms with Gasteiger partial charge in [0, 0.05) is 24.5 Å². The van der Waals surface area contributed by atoms with Crippen molar-refractivity contribution < 1.29 is 9.90 Å². The van der Waals surface area contributed by atoms with E-state index >= 15 is 0 Å². The van der Waals surface area contributed by atoms with Crippen molar-refractivity contribution in [2.75, 3.05) is 6.61 Å². The molecule has 0 spiro atoms. The summed E-state index contributed by atoms with van der Waals surface area (Å²) in [6.07, 6.45) is 7.71. The van der Waals surface area contributed by atoms with E-state index in [0.717, 1.165) is 6.42 Å². The van der Waals surface area contributed by atoms with Crippen molar-refractivity contribution in [1.82, 2.24) is 19.9 Å². The van der Waals surface area contributed by atoms with Crippen molar-refractivity contribution in [2.45, 2.75) is 32.2 Å². The number of hydrogen-bond donors (Lipinski definition) is 2. The third kappa shape index (κ3) is 2.73. The van der Waals surface area contributed by atoms with Crippen LogP contribution in [0.15, 0.2) is 24.8 Å². The Balaban J connectivity index is 2.24. The molecule has 1 amide bonds. The molecule has 0 radical (unpaired) electrons. The Bertz CT molecular complexity index is 581. The summed E-state index contributed by atoms with van der Waals surface area (Å²) < 4.78 is 1.61. The predicted molar refractivity (Wildman–Crippen MR) is 70.9 cm³/mol. The number of carbonyl (C=O) groups excluding carboxylic acids is 1. The zero-order valence-electron chi connectivity index (χ0n) is 11.1. The zero-order valence-corrected chi connectivity index (χ0v) is 11.1. The maximum Gasteiger partial charge on any atom is 0.255 e. The molecule has 0 saturated carbocycles. The molecule has 2 N–H and O–H groups in total. The van der Waals surface area contributed by atoms with Gasteiger partial charge in [-0.1, -0.05) is 6.92 Å². The molecule has 0 bridgehead atoms. The van der Waals surface area contributed by atoms with Crippen LogP contribution < -0.4 is 5.32 Å². The van der Waals surface area contributed by atoms with E-state index in [-0.39, 0.29) is 12.5 Å². The number of fused-ring (bicyclic) bond motifs is 1. The van der Waals surface area contributed by atoms with E-state index in [1.54, 1.807) is 23.1 Å². The number of aliphatic hydroxyl groups excluding tert-OH is 1. The van der Waals surface area contributed by atoms with Crippen LogP contribution in [-0.4, -0.2) is 37.8 Å². The van der Waals surface area contributed by atoms with Crippen molar-refractivity contribution in [3.8, 4) is 0 Å². The quantitative estimate of drug-likeness (QED) is 0.842. The van der Waals surface area contributed by atoms with Gasteiger partial charge in [0.15, 0.2) is 0 Å². The molecule has 0 aliphatic carbocycles. The van der Waals surface area contributed by atoms with Gasteiger partial charge in [0.1, 0.15) is 0 Å². The number of amides is 1. The number of hydrogen-bond acceptors (Lipinski definition) is 4. The number of aromatic nitrogens is 3. The summed E-state index contributed by atoms with van der Waals surface area (Å²) in [5, 5.41) is 16.1. The lowest BCUT2D eigenvalue weighted by atomic mass is 9.94. The van der Waals surface area contributed by atoms with E-state index in [1.807, 2.05) is 13.8 Å². The fourth-order valence-corrected chi connectivity index (χ4v) is 1.93. The summed E-state index contributed by atoms with van der Waals surface area (Å²) in [5.41, 5.74) is 0.746. The fraction of sp³-hybridized carbons (Fsp3) is 0.462. The molecule has 2 aromatic rings. The third-order valence-electron chi connectivity index (χ3n) is 3.43. The van der Waals surface area contributed by atoms with Crippen LogP contribution in [0.4, 0.5) is 0 Å². The summed E-state index contributed by atoms with van der Waals surface area (Å²) in [7, 11) is 0. The first kappa shape index (κ1) is 13.5. The third-order valence-corrected chi connectivity index (χ3v) is 3.43. The Kier molecular flexibility index (Phi) is 3.80. The Morgan fingerprint density at radius 2 is 2.32 bits per heavy atom. The van der Waals surface area contributed by atoms with Crippen LogP contribution in [0, 0.1) is 0 Å². The normalized spacial score (nSPS) is 14.3. The topological polar surface area (TPSA) is 79.5 Å². The van der Waals surface area contributed by atoms with Gasteiger partial charge in [0.25, 0.3) is 5.91 Å². The highest BCUT2D eigenvalue weighted by molar-refractivity contribution is 6.00. The number of aliphatic hydroxyl groups is 1. The van der Waals surface area contributed by atoms with E-state index in [9.17, 15) is 4.79 Å². The fourth-order valence-electron chi connectivity index (χ4n) is 1.93. The van der Waals surface area contributed by atoms with Crippen LogP contribution in [0.1, 0.15) is 37.0 Å². The molecule has 1 unspecified atom stereocenters. The average molecular weight is 262 g/mol. The Hall–Kier alpha value is -1.95. The maximum absolute atomic E-state index is 12.3. The molecule has 19 heavy (non-hydrogen) atoms. The van der Waals surface area contributed by atoms with Crippen LogP contribution in [0.5, 0.6) is 0 Å². The molecule has 6 heteroatoms. The SMILES string of the molecule is CCC(C)(CCO)NC(=O)c1cnn2ccncc12. The van der Waals surface area contributed by atoms with Crippen molar-refractivity contribution >= 4 is 11.4 Å². The summed E-state index contributed by atoms with van der Waals surface area (Å²) in [6, 6.07) is 0. The zero-order chi connectivity index (χ0) is 13.9. The lowest BCUT2D eigenvalue weighted by Gasteiger charge is -2.28. The average Bonchev–Trinajstić information content (AvgIpc) is 2.83. The van der Waals surface area contributed by atoms with E-state index in [4.69, 9.17) is 5.11 Å². The second kappa shape index (κ2) is 5.36. The number of nitrogens with one attached hydrogen (secondary N) is 1. The first-order chi connectivity index (χ1) is 9.09. The van der Waals surface area contributed by atoms with Gasteiger partial charge in [0.05, 0.1) is 23.5 Å². The summed E-state index contributed by atoms with van der Waals surface area (Å²) in [6.45, 7) is 3.94. The predicted octanol–water partition coefficient (Wildman–Crippen LogP) is 1.01. The van der Waals surface area contributed by atoms with Crippen molar-refractivity contribution in [3.05, 3.63) is 30.4 Å². The van der Waals surface area contributed by atoms with E-state index in [0.29, 0.717) is 17.5 Å². The van der Waals surface area contributed by atoms with Crippen molar-refractivity contribution in [2.24, 2.45) is 0 Å². The molecule has 102 valence electrons. The van der Waals surface area contributed by atoms with E-state index in [2.05, 4.69) is 15.4 Å². The maximum atomic E-state index is 12.3. The van der Waals surface area contributed by atoms with Gasteiger partial charge < -0.3 is 10.4 Å². The Labute approximate surface area is 111 Å². The lowest BCUT2D eigenvalue weighted by molar-refractivity contribution is 0.0888. The number of rotatable bonds is 5. The highest BCUT2D eigenvalue weighted by atomic mass is 16.3. The lowest BCUT2D eigenvalue weighted by Crippen LogP contribution is -2.46. The molecule has 0 saturated heterocycles. The molecule has 0 aliphatic rings. The van der Waals surface area contributed by atoms with Gasteiger partial charge in [-0.15, -0.1) is 0 Å². The second-order valence-electron chi connectivity index (χ2n) is 4.81. The highest BCUT2D eigenvalue weighted by Crippen LogP contribution is 2.16. The molecule has 2 heterocycles. The van der Waals surface area contributed by atoms with Crippen LogP contribution >= 0.6 is 0 Å². The van der Waals surface area contributed by atoms with E-state index < -0.39 is 5.54 Å². The standard InChI is InChI=1S/C13H18N4O2/c1-3-13(2,4-7-18)16-12(19)10-8-15-17-6-5-14-9-11(10)17/h5-6,8-9,18H,3-4,7H2,1-2H3,(H,16,19). The molecule has 0 aliphatic heterocycles. The Morgan fingerprint density at radius 3 is 3.00 bits per heavy atom. The molecular formula is C13H18N4O2. The minimum absolute atomic E-state index is 0.0426. The summed E-state index contributed by atoms with van der Waals surface area (Å²) in [4.78, 5) is 16.3. The first-order valence-electron chi connectivity index (χ1n) is 6.30. The number of nitrogens with zero attached hydrogens (tertiary/aromatic N) is 3. The smallest absolute Gasteiger partial charge is 0.255 e. The van der Waals surface area contributed by atoms with Crippen molar-refractivity contribution in [1.29, 1.82) is 0 Å². The van der Waals surface area contributed by atoms with E-state index in [1.165, 1.54) is 6.20 Å². The molecule has 0 aromatic carbocycles. The van der Waals surface area contributed by atoms with Gasteiger partial charge in [-0.05, 0) is 19.8 Å². The van der Waals surface area contributed by atoms with Crippen LogP contribution in [-0.2, 0) is 0 Å². The van der Waals surface area contributed by atoms with Crippen molar-refractivity contribution in [3.63, 3.8) is 0 Å². The van der Waals surface area contributed by atoms with Gasteiger partial charge in [0.2, 0.25) is 0 Å². The molecule has 0 fully saturated rings. The molecular weight excluding hydrogens is 244 g/mol. The second-order valence-corrected chi connectivity index (χ2v) is 4.81. The van der Waals surface area contributed by atoms with Gasteiger partial charge in [-0.3, -0.25) is 9.78 Å². The molecule has 2 aromatic heterocycles. The van der Waals surface area contributed by atoms with Crippen LogP contribution in [0.3, 0.4) is 0 Å². The molecule has 2 rings (SSSR count). The molecule has 6 nitrogen and oxygen atoms in total. The van der Waals surface area contributed by atoms with Crippen LogP contribution in [0.25, 0.3) is 5.52 Å². The summed E-state index contributed by atoms with van der Waals surface area (Å²) in [5.74, 6) is -0.194. The van der Waals surface area contributed by atoms with Gasteiger partial charge in [-0.2, -0.15) is 5.10 Å². The first-order valence-corrected chi connectivity index (χ1v) is 6.30. The largest absolute Gasteiger partial charge is 0.396 e. The Morgan fingerprint density at radius 1 is 1.53 bits per heavy atom. The van der Waals surface area contributed by atoms with Gasteiger partial charge in [-0.25, -0.2) is 4.52 Å². The van der Waals surface area contributed by atoms with Gasteiger partial charge >= 0.3 is 0 Å². The summed E-state index contributed by atoms with van der Waals surface area (Å²) >= 11 is 0. The monoisotopic (exact) mass is 262 g/mol. The highest BCUT2D eigenvalue weighted by Gasteiger charge is 2.25. The van der Waals surface area contributed by atoms with Crippen LogP contribution in [0.2, 0.25) is 0 Å².